The molecule has 1 aromatic heterocycles. The number of amides is 1. The second-order valence-corrected chi connectivity index (χ2v) is 6.12. The van der Waals surface area contributed by atoms with Crippen LogP contribution in [0, 0.1) is 6.92 Å². The van der Waals surface area contributed by atoms with Crippen molar-refractivity contribution in [2.45, 2.75) is 20.0 Å². The fraction of sp³-hybridized carbons (Fsp3) is 0.158. The van der Waals surface area contributed by atoms with Crippen molar-refractivity contribution in [2.75, 3.05) is 0 Å². The van der Waals surface area contributed by atoms with E-state index < -0.39 is 0 Å². The summed E-state index contributed by atoms with van der Waals surface area (Å²) >= 11 is 5.84. The highest BCUT2D eigenvalue weighted by Crippen LogP contribution is 2.13. The summed E-state index contributed by atoms with van der Waals surface area (Å²) in [7, 11) is 0. The Bertz CT molecular complexity index is 946. The summed E-state index contributed by atoms with van der Waals surface area (Å²) in [5.74, 6) is -0.206. The van der Waals surface area contributed by atoms with Gasteiger partial charge >= 0.3 is 0 Å². The average Bonchev–Trinajstić information content (AvgIpc) is 2.58. The van der Waals surface area contributed by atoms with Gasteiger partial charge in [0.2, 0.25) is 5.91 Å². The molecule has 0 radical (unpaired) electrons. The third-order valence-electron chi connectivity index (χ3n) is 3.89. The van der Waals surface area contributed by atoms with E-state index in [1.807, 2.05) is 42.5 Å². The molecule has 5 heteroatoms. The number of nitrogens with zero attached hydrogens (tertiary/aromatic N) is 1. The smallest absolute Gasteiger partial charge is 0.254 e. The zero-order valence-electron chi connectivity index (χ0n) is 13.3. The molecule has 0 spiro atoms. The van der Waals surface area contributed by atoms with Gasteiger partial charge in [0.05, 0.1) is 5.52 Å². The Balaban J connectivity index is 1.79. The van der Waals surface area contributed by atoms with Crippen molar-refractivity contribution in [3.8, 4) is 0 Å². The number of para-hydroxylation sites is 1. The Morgan fingerprint density at radius 1 is 1.12 bits per heavy atom. The quantitative estimate of drug-likeness (QED) is 0.792. The van der Waals surface area contributed by atoms with E-state index in [1.54, 1.807) is 19.1 Å². The fourth-order valence-corrected chi connectivity index (χ4v) is 2.76. The first kappa shape index (κ1) is 16.3. The lowest BCUT2D eigenvalue weighted by Crippen LogP contribution is -2.32. The van der Waals surface area contributed by atoms with E-state index in [1.165, 1.54) is 4.57 Å². The van der Waals surface area contributed by atoms with Crippen molar-refractivity contribution < 1.29 is 4.79 Å². The van der Waals surface area contributed by atoms with Crippen LogP contribution in [0.4, 0.5) is 0 Å². The van der Waals surface area contributed by atoms with Crippen molar-refractivity contribution >= 4 is 28.4 Å². The maximum Gasteiger partial charge on any atom is 0.254 e. The zero-order chi connectivity index (χ0) is 17.1. The molecule has 0 saturated heterocycles. The molecule has 0 aliphatic rings. The van der Waals surface area contributed by atoms with Gasteiger partial charge in [0.1, 0.15) is 6.54 Å². The molecule has 4 nitrogen and oxygen atoms in total. The van der Waals surface area contributed by atoms with Gasteiger partial charge in [-0.1, -0.05) is 41.9 Å². The molecule has 0 atom stereocenters. The lowest BCUT2D eigenvalue weighted by molar-refractivity contribution is -0.121. The summed E-state index contributed by atoms with van der Waals surface area (Å²) in [6, 6.07) is 16.7. The van der Waals surface area contributed by atoms with Crippen molar-refractivity contribution in [1.29, 1.82) is 0 Å². The highest BCUT2D eigenvalue weighted by molar-refractivity contribution is 6.30. The SMILES string of the molecule is Cc1cc2ccccc2n(CC(=O)NCc2ccc(Cl)cc2)c1=O. The van der Waals surface area contributed by atoms with Crippen LogP contribution in [0.3, 0.4) is 0 Å². The number of pyridine rings is 1. The summed E-state index contributed by atoms with van der Waals surface area (Å²) in [4.78, 5) is 24.7. The maximum atomic E-state index is 12.4. The van der Waals surface area contributed by atoms with E-state index in [0.29, 0.717) is 17.1 Å². The van der Waals surface area contributed by atoms with Crippen LogP contribution in [-0.2, 0) is 17.9 Å². The van der Waals surface area contributed by atoms with Crippen molar-refractivity contribution in [3.63, 3.8) is 0 Å². The molecule has 0 aliphatic heterocycles. The van der Waals surface area contributed by atoms with E-state index in [4.69, 9.17) is 11.6 Å². The molecule has 24 heavy (non-hydrogen) atoms. The Morgan fingerprint density at radius 2 is 1.83 bits per heavy atom. The maximum absolute atomic E-state index is 12.4. The molecule has 0 unspecified atom stereocenters. The van der Waals surface area contributed by atoms with Gasteiger partial charge in [-0.3, -0.25) is 14.2 Å². The lowest BCUT2D eigenvalue weighted by atomic mass is 10.1. The Kier molecular flexibility index (Phi) is 4.67. The first-order chi connectivity index (χ1) is 11.5. The molecule has 3 rings (SSSR count). The molecule has 0 saturated carbocycles. The van der Waals surface area contributed by atoms with Crippen LogP contribution in [0.1, 0.15) is 11.1 Å². The summed E-state index contributed by atoms with van der Waals surface area (Å²) in [6.07, 6.45) is 0. The molecule has 1 amide bonds. The number of hydrogen-bond acceptors (Lipinski definition) is 2. The normalized spacial score (nSPS) is 10.8. The molecule has 0 fully saturated rings. The van der Waals surface area contributed by atoms with Gasteiger partial charge in [-0.15, -0.1) is 0 Å². The van der Waals surface area contributed by atoms with Gasteiger partial charge in [-0.2, -0.15) is 0 Å². The molecular formula is C19H17ClN2O2. The third-order valence-corrected chi connectivity index (χ3v) is 4.14. The molecule has 1 N–H and O–H groups in total. The predicted octanol–water partition coefficient (Wildman–Crippen LogP) is 3.28. The van der Waals surface area contributed by atoms with E-state index in [0.717, 1.165) is 16.5 Å². The number of aryl methyl sites for hydroxylation is 1. The number of hydrogen-bond donors (Lipinski definition) is 1. The summed E-state index contributed by atoms with van der Waals surface area (Å²) in [5.41, 5.74) is 2.19. The first-order valence-corrected chi connectivity index (χ1v) is 8.03. The van der Waals surface area contributed by atoms with Gasteiger partial charge in [0, 0.05) is 17.1 Å². The zero-order valence-corrected chi connectivity index (χ0v) is 14.0. The van der Waals surface area contributed by atoms with Gasteiger partial charge in [0.15, 0.2) is 0 Å². The summed E-state index contributed by atoms with van der Waals surface area (Å²) < 4.78 is 1.52. The molecular weight excluding hydrogens is 324 g/mol. The number of carbonyl (C=O) groups excluding carboxylic acids is 1. The standard InChI is InChI=1S/C19H17ClN2O2/c1-13-10-15-4-2-3-5-17(15)22(19(13)24)12-18(23)21-11-14-6-8-16(20)9-7-14/h2-10H,11-12H2,1H3,(H,21,23). The number of rotatable bonds is 4. The molecule has 122 valence electrons. The van der Waals surface area contributed by atoms with Gasteiger partial charge < -0.3 is 5.32 Å². The number of aromatic nitrogens is 1. The number of nitrogens with one attached hydrogen (secondary N) is 1. The van der Waals surface area contributed by atoms with Crippen LogP contribution in [0.25, 0.3) is 10.9 Å². The van der Waals surface area contributed by atoms with Gasteiger partial charge in [-0.25, -0.2) is 0 Å². The van der Waals surface area contributed by atoms with Crippen molar-refractivity contribution in [3.05, 3.63) is 81.1 Å². The molecule has 0 bridgehead atoms. The van der Waals surface area contributed by atoms with Crippen molar-refractivity contribution in [1.82, 2.24) is 9.88 Å². The lowest BCUT2D eigenvalue weighted by Gasteiger charge is -2.12. The Labute approximate surface area is 144 Å². The second kappa shape index (κ2) is 6.89. The molecule has 1 heterocycles. The number of fused-ring (bicyclic) bond motifs is 1. The third kappa shape index (κ3) is 3.49. The van der Waals surface area contributed by atoms with Crippen molar-refractivity contribution in [2.24, 2.45) is 0 Å². The van der Waals surface area contributed by atoms with E-state index in [2.05, 4.69) is 5.32 Å². The van der Waals surface area contributed by atoms with Gasteiger partial charge in [0.25, 0.3) is 5.56 Å². The number of benzene rings is 2. The van der Waals surface area contributed by atoms with Crippen LogP contribution in [0.2, 0.25) is 5.02 Å². The van der Waals surface area contributed by atoms with E-state index in [-0.39, 0.29) is 18.0 Å². The molecule has 3 aromatic rings. The largest absolute Gasteiger partial charge is 0.350 e. The number of halogens is 1. The monoisotopic (exact) mass is 340 g/mol. The minimum Gasteiger partial charge on any atom is -0.350 e. The van der Waals surface area contributed by atoms with E-state index in [9.17, 15) is 9.59 Å². The fourth-order valence-electron chi connectivity index (χ4n) is 2.63. The van der Waals surface area contributed by atoms with Crippen LogP contribution in [-0.4, -0.2) is 10.5 Å². The average molecular weight is 341 g/mol. The highest BCUT2D eigenvalue weighted by atomic mass is 35.5. The topological polar surface area (TPSA) is 51.1 Å². The minimum atomic E-state index is -0.206. The molecule has 2 aromatic carbocycles. The van der Waals surface area contributed by atoms with Crippen LogP contribution in [0.15, 0.2) is 59.4 Å². The second-order valence-electron chi connectivity index (χ2n) is 5.68. The molecule has 0 aliphatic carbocycles. The Hall–Kier alpha value is -2.59. The summed E-state index contributed by atoms with van der Waals surface area (Å²) in [6.45, 7) is 2.15. The highest BCUT2D eigenvalue weighted by Gasteiger charge is 2.10. The number of carbonyl (C=O) groups is 1. The Morgan fingerprint density at radius 3 is 2.58 bits per heavy atom. The predicted molar refractivity (Wildman–Crippen MR) is 96.2 cm³/mol. The minimum absolute atomic E-state index is 0.00534. The van der Waals surface area contributed by atoms with E-state index >= 15 is 0 Å². The van der Waals surface area contributed by atoms with Crippen LogP contribution >= 0.6 is 11.6 Å². The van der Waals surface area contributed by atoms with Crippen LogP contribution in [0.5, 0.6) is 0 Å². The first-order valence-electron chi connectivity index (χ1n) is 7.65. The summed E-state index contributed by atoms with van der Waals surface area (Å²) in [5, 5.41) is 4.44. The van der Waals surface area contributed by atoms with Crippen LogP contribution < -0.4 is 10.9 Å². The van der Waals surface area contributed by atoms with Gasteiger partial charge in [-0.05, 0) is 42.1 Å².